The molecule has 0 amide bonds. The summed E-state index contributed by atoms with van der Waals surface area (Å²) in [6, 6.07) is 2.26. The molecule has 0 aliphatic heterocycles. The zero-order valence-corrected chi connectivity index (χ0v) is 11.0. The molecular formula is C12H22N4O. The number of nitrogens with two attached hydrogens (primary N) is 1. The second kappa shape index (κ2) is 6.39. The highest BCUT2D eigenvalue weighted by atomic mass is 16.5. The first-order valence-electron chi connectivity index (χ1n) is 6.01. The molecule has 1 aromatic rings. The average molecular weight is 238 g/mol. The lowest BCUT2D eigenvalue weighted by Crippen LogP contribution is -2.26. The third-order valence-corrected chi connectivity index (χ3v) is 2.23. The van der Waals surface area contributed by atoms with Crippen LogP contribution >= 0.6 is 0 Å². The molecular weight excluding hydrogens is 216 g/mol. The highest BCUT2D eigenvalue weighted by Crippen LogP contribution is 2.15. The summed E-state index contributed by atoms with van der Waals surface area (Å²) >= 11 is 0. The van der Waals surface area contributed by atoms with Crippen LogP contribution in [0.1, 0.15) is 33.0 Å². The molecule has 0 radical (unpaired) electrons. The first-order chi connectivity index (χ1) is 8.01. The minimum Gasteiger partial charge on any atom is -0.478 e. The van der Waals surface area contributed by atoms with Crippen LogP contribution in [0.4, 0.5) is 5.82 Å². The molecule has 0 bridgehead atoms. The molecule has 0 spiro atoms. The van der Waals surface area contributed by atoms with E-state index in [2.05, 4.69) is 22.2 Å². The summed E-state index contributed by atoms with van der Waals surface area (Å²) in [6.07, 6.45) is 0.896. The van der Waals surface area contributed by atoms with Crippen LogP contribution in [0.25, 0.3) is 0 Å². The van der Waals surface area contributed by atoms with Crippen molar-refractivity contribution in [2.45, 2.75) is 46.2 Å². The fourth-order valence-electron chi connectivity index (χ4n) is 1.71. The van der Waals surface area contributed by atoms with Crippen molar-refractivity contribution in [2.75, 3.05) is 11.9 Å². The summed E-state index contributed by atoms with van der Waals surface area (Å²) in [5, 5.41) is 3.30. The van der Waals surface area contributed by atoms with Gasteiger partial charge >= 0.3 is 0 Å². The minimum absolute atomic E-state index is 0.173. The lowest BCUT2D eigenvalue weighted by atomic mass is 10.1. The summed E-state index contributed by atoms with van der Waals surface area (Å²) in [4.78, 5) is 8.51. The third kappa shape index (κ3) is 4.99. The van der Waals surface area contributed by atoms with Gasteiger partial charge in [0.05, 0.1) is 6.61 Å². The summed E-state index contributed by atoms with van der Waals surface area (Å²) < 4.78 is 5.37. The zero-order valence-electron chi connectivity index (χ0n) is 11.0. The van der Waals surface area contributed by atoms with E-state index >= 15 is 0 Å². The summed E-state index contributed by atoms with van der Waals surface area (Å²) in [5.74, 6) is 2.09. The van der Waals surface area contributed by atoms with Crippen LogP contribution in [0.15, 0.2) is 6.07 Å². The number of hydrogen-bond acceptors (Lipinski definition) is 5. The molecule has 0 saturated heterocycles. The van der Waals surface area contributed by atoms with Gasteiger partial charge in [0.2, 0.25) is 5.88 Å². The number of nitrogens with zero attached hydrogens (tertiary/aromatic N) is 2. The standard InChI is InChI=1S/C12H22N4O/c1-5-17-12-7-11(15-10(4)16-12)14-9(3)6-8(2)13/h7-9H,5-6,13H2,1-4H3,(H,14,15,16). The van der Waals surface area contributed by atoms with E-state index in [0.717, 1.165) is 12.2 Å². The number of rotatable bonds is 6. The van der Waals surface area contributed by atoms with E-state index in [1.165, 1.54) is 0 Å². The smallest absolute Gasteiger partial charge is 0.218 e. The molecule has 0 aliphatic carbocycles. The maximum absolute atomic E-state index is 5.76. The first kappa shape index (κ1) is 13.7. The van der Waals surface area contributed by atoms with E-state index < -0.39 is 0 Å². The van der Waals surface area contributed by atoms with Crippen LogP contribution in [0.2, 0.25) is 0 Å². The Hall–Kier alpha value is -1.36. The molecule has 2 atom stereocenters. The Morgan fingerprint density at radius 3 is 2.71 bits per heavy atom. The summed E-state index contributed by atoms with van der Waals surface area (Å²) in [7, 11) is 0. The van der Waals surface area contributed by atoms with Gasteiger partial charge in [-0.05, 0) is 34.1 Å². The van der Waals surface area contributed by atoms with E-state index in [-0.39, 0.29) is 12.1 Å². The molecule has 1 aromatic heterocycles. The second-order valence-electron chi connectivity index (χ2n) is 4.33. The van der Waals surface area contributed by atoms with Crippen LogP contribution < -0.4 is 15.8 Å². The molecule has 5 nitrogen and oxygen atoms in total. The maximum Gasteiger partial charge on any atom is 0.218 e. The van der Waals surface area contributed by atoms with Gasteiger partial charge in [0.1, 0.15) is 11.6 Å². The lowest BCUT2D eigenvalue weighted by molar-refractivity contribution is 0.325. The highest BCUT2D eigenvalue weighted by Gasteiger charge is 2.08. The topological polar surface area (TPSA) is 73.1 Å². The van der Waals surface area contributed by atoms with Crippen molar-refractivity contribution < 1.29 is 4.74 Å². The van der Waals surface area contributed by atoms with Crippen molar-refractivity contribution in [3.05, 3.63) is 11.9 Å². The first-order valence-corrected chi connectivity index (χ1v) is 6.01. The highest BCUT2D eigenvalue weighted by molar-refractivity contribution is 5.39. The molecule has 0 fully saturated rings. The number of nitrogens with one attached hydrogen (secondary N) is 1. The Balaban J connectivity index is 2.69. The van der Waals surface area contributed by atoms with E-state index in [4.69, 9.17) is 10.5 Å². The number of hydrogen-bond donors (Lipinski definition) is 2. The average Bonchev–Trinajstić information content (AvgIpc) is 2.14. The van der Waals surface area contributed by atoms with E-state index in [9.17, 15) is 0 Å². The van der Waals surface area contributed by atoms with Gasteiger partial charge in [0.25, 0.3) is 0 Å². The van der Waals surface area contributed by atoms with Gasteiger partial charge in [0.15, 0.2) is 0 Å². The van der Waals surface area contributed by atoms with Gasteiger partial charge in [-0.2, -0.15) is 4.98 Å². The number of aromatic nitrogens is 2. The molecule has 3 N–H and O–H groups in total. The van der Waals surface area contributed by atoms with Crippen molar-refractivity contribution in [1.82, 2.24) is 9.97 Å². The van der Waals surface area contributed by atoms with Crippen LogP contribution in [-0.4, -0.2) is 28.7 Å². The van der Waals surface area contributed by atoms with Gasteiger partial charge in [-0.1, -0.05) is 0 Å². The Morgan fingerprint density at radius 2 is 2.12 bits per heavy atom. The molecule has 0 aromatic carbocycles. The Morgan fingerprint density at radius 1 is 1.41 bits per heavy atom. The normalized spacial score (nSPS) is 14.2. The van der Waals surface area contributed by atoms with Crippen LogP contribution in [0.5, 0.6) is 5.88 Å². The third-order valence-electron chi connectivity index (χ3n) is 2.23. The largest absolute Gasteiger partial charge is 0.478 e. The predicted octanol–water partition coefficient (Wildman–Crippen LogP) is 1.72. The fourth-order valence-corrected chi connectivity index (χ4v) is 1.71. The van der Waals surface area contributed by atoms with Crippen molar-refractivity contribution in [3.63, 3.8) is 0 Å². The number of aryl methyl sites for hydroxylation is 1. The Bertz CT molecular complexity index is 354. The van der Waals surface area contributed by atoms with Crippen LogP contribution in [0.3, 0.4) is 0 Å². The Labute approximate surface area is 103 Å². The number of ether oxygens (including phenoxy) is 1. The SMILES string of the molecule is CCOc1cc(NC(C)CC(C)N)nc(C)n1. The molecule has 5 heteroatoms. The van der Waals surface area contributed by atoms with Gasteiger partial charge < -0.3 is 15.8 Å². The quantitative estimate of drug-likeness (QED) is 0.789. The molecule has 1 heterocycles. The maximum atomic E-state index is 5.76. The Kier molecular flexibility index (Phi) is 5.15. The van der Waals surface area contributed by atoms with Gasteiger partial charge in [-0.15, -0.1) is 0 Å². The van der Waals surface area contributed by atoms with Crippen molar-refractivity contribution in [2.24, 2.45) is 5.73 Å². The molecule has 17 heavy (non-hydrogen) atoms. The summed E-state index contributed by atoms with van der Waals surface area (Å²) in [6.45, 7) is 8.47. The van der Waals surface area contributed by atoms with E-state index in [1.807, 2.05) is 26.8 Å². The lowest BCUT2D eigenvalue weighted by Gasteiger charge is -2.17. The van der Waals surface area contributed by atoms with E-state index in [1.54, 1.807) is 0 Å². The van der Waals surface area contributed by atoms with Gasteiger partial charge in [-0.25, -0.2) is 4.98 Å². The molecule has 96 valence electrons. The van der Waals surface area contributed by atoms with Gasteiger partial charge in [0, 0.05) is 18.2 Å². The molecule has 0 saturated carbocycles. The number of anilines is 1. The van der Waals surface area contributed by atoms with Crippen LogP contribution in [-0.2, 0) is 0 Å². The van der Waals surface area contributed by atoms with Crippen molar-refractivity contribution in [3.8, 4) is 5.88 Å². The van der Waals surface area contributed by atoms with Crippen molar-refractivity contribution >= 4 is 5.82 Å². The zero-order chi connectivity index (χ0) is 12.8. The van der Waals surface area contributed by atoms with Gasteiger partial charge in [-0.3, -0.25) is 0 Å². The van der Waals surface area contributed by atoms with Crippen molar-refractivity contribution in [1.29, 1.82) is 0 Å². The predicted molar refractivity (Wildman–Crippen MR) is 69.3 cm³/mol. The fraction of sp³-hybridized carbons (Fsp3) is 0.667. The van der Waals surface area contributed by atoms with E-state index in [0.29, 0.717) is 18.3 Å². The molecule has 2 unspecified atom stereocenters. The van der Waals surface area contributed by atoms with Crippen LogP contribution in [0, 0.1) is 6.92 Å². The molecule has 0 aliphatic rings. The summed E-state index contributed by atoms with van der Waals surface area (Å²) in [5.41, 5.74) is 5.76. The second-order valence-corrected chi connectivity index (χ2v) is 4.33. The monoisotopic (exact) mass is 238 g/mol. The minimum atomic E-state index is 0.173. The molecule has 1 rings (SSSR count).